The van der Waals surface area contributed by atoms with Crippen molar-refractivity contribution >= 4 is 17.8 Å². The first-order chi connectivity index (χ1) is 13.2. The molecule has 0 aliphatic heterocycles. The van der Waals surface area contributed by atoms with E-state index in [0.717, 1.165) is 41.3 Å². The molecule has 0 bridgehead atoms. The van der Waals surface area contributed by atoms with Crippen molar-refractivity contribution in [3.8, 4) is 5.75 Å². The van der Waals surface area contributed by atoms with Crippen LogP contribution in [0, 0.1) is 0 Å². The first-order valence-electron chi connectivity index (χ1n) is 8.80. The van der Waals surface area contributed by atoms with Crippen LogP contribution in [0.2, 0.25) is 0 Å². The van der Waals surface area contributed by atoms with Gasteiger partial charge in [-0.3, -0.25) is 4.90 Å². The van der Waals surface area contributed by atoms with E-state index < -0.39 is 0 Å². The lowest BCUT2D eigenvalue weighted by Crippen LogP contribution is -2.20. The Bertz CT molecular complexity index is 831. The van der Waals surface area contributed by atoms with Crippen LogP contribution in [0.25, 0.3) is 6.08 Å². The van der Waals surface area contributed by atoms with E-state index >= 15 is 0 Å². The van der Waals surface area contributed by atoms with Gasteiger partial charge >= 0.3 is 0 Å². The number of likely N-dealkylation sites (N-methyl/N-ethyl adjacent to an activating group) is 1. The van der Waals surface area contributed by atoms with Crippen LogP contribution in [-0.2, 0) is 13.6 Å². The molecule has 0 radical (unpaired) electrons. The number of furan rings is 1. The van der Waals surface area contributed by atoms with E-state index in [1.807, 2.05) is 60.2 Å². The van der Waals surface area contributed by atoms with Crippen LogP contribution in [0.1, 0.15) is 11.6 Å². The van der Waals surface area contributed by atoms with Gasteiger partial charge in [0, 0.05) is 19.3 Å². The first-order valence-corrected chi connectivity index (χ1v) is 9.78. The number of hydrogen-bond acceptors (Lipinski definition) is 6. The molecule has 0 N–H and O–H groups in total. The van der Waals surface area contributed by atoms with E-state index in [0.29, 0.717) is 6.61 Å². The second-order valence-electron chi connectivity index (χ2n) is 6.08. The lowest BCUT2D eigenvalue weighted by atomic mass is 10.3. The van der Waals surface area contributed by atoms with E-state index in [9.17, 15) is 0 Å². The van der Waals surface area contributed by atoms with Crippen LogP contribution >= 0.6 is 11.8 Å². The predicted octanol–water partition coefficient (Wildman–Crippen LogP) is 3.72. The van der Waals surface area contributed by atoms with E-state index in [2.05, 4.69) is 28.2 Å². The van der Waals surface area contributed by atoms with Gasteiger partial charge in [0.15, 0.2) is 5.16 Å². The summed E-state index contributed by atoms with van der Waals surface area (Å²) in [7, 11) is 4.06. The smallest absolute Gasteiger partial charge is 0.191 e. The fourth-order valence-electron chi connectivity index (χ4n) is 2.46. The molecular formula is C20H24N4O2S. The highest BCUT2D eigenvalue weighted by atomic mass is 32.2. The van der Waals surface area contributed by atoms with Crippen molar-refractivity contribution in [1.82, 2.24) is 19.7 Å². The Morgan fingerprint density at radius 2 is 2.04 bits per heavy atom. The molecule has 0 aliphatic carbocycles. The van der Waals surface area contributed by atoms with Crippen LogP contribution in [0.3, 0.4) is 0 Å². The highest BCUT2D eigenvalue weighted by Crippen LogP contribution is 2.17. The molecule has 0 saturated heterocycles. The first kappa shape index (κ1) is 19.3. The van der Waals surface area contributed by atoms with Gasteiger partial charge in [-0.15, -0.1) is 10.2 Å². The van der Waals surface area contributed by atoms with Crippen LogP contribution in [0.4, 0.5) is 0 Å². The summed E-state index contributed by atoms with van der Waals surface area (Å²) in [4.78, 5) is 2.18. The minimum atomic E-state index is 0.633. The Kier molecular flexibility index (Phi) is 7.12. The van der Waals surface area contributed by atoms with Gasteiger partial charge < -0.3 is 13.7 Å². The van der Waals surface area contributed by atoms with Crippen molar-refractivity contribution < 1.29 is 9.15 Å². The fraction of sp³-hybridized carbons (Fsp3) is 0.300. The minimum Gasteiger partial charge on any atom is -0.493 e. The van der Waals surface area contributed by atoms with E-state index in [4.69, 9.17) is 9.15 Å². The molecular weight excluding hydrogens is 360 g/mol. The fourth-order valence-corrected chi connectivity index (χ4v) is 3.21. The molecule has 0 aliphatic rings. The number of para-hydroxylation sites is 1. The average molecular weight is 385 g/mol. The number of hydrogen-bond donors (Lipinski definition) is 0. The van der Waals surface area contributed by atoms with Crippen molar-refractivity contribution in [2.75, 3.05) is 26.0 Å². The van der Waals surface area contributed by atoms with Crippen molar-refractivity contribution in [2.45, 2.75) is 11.7 Å². The summed E-state index contributed by atoms with van der Waals surface area (Å²) in [5.74, 6) is 3.51. The number of ether oxygens (including phenoxy) is 1. The monoisotopic (exact) mass is 384 g/mol. The van der Waals surface area contributed by atoms with Gasteiger partial charge in [0.05, 0.1) is 19.4 Å². The maximum absolute atomic E-state index is 5.71. The highest BCUT2D eigenvalue weighted by molar-refractivity contribution is 7.99. The molecule has 27 heavy (non-hydrogen) atoms. The summed E-state index contributed by atoms with van der Waals surface area (Å²) in [5.41, 5.74) is 0. The van der Waals surface area contributed by atoms with E-state index in [-0.39, 0.29) is 0 Å². The highest BCUT2D eigenvalue weighted by Gasteiger charge is 2.10. The van der Waals surface area contributed by atoms with Gasteiger partial charge in [0.2, 0.25) is 0 Å². The van der Waals surface area contributed by atoms with Gasteiger partial charge in [0.25, 0.3) is 0 Å². The van der Waals surface area contributed by atoms with E-state index in [1.54, 1.807) is 18.0 Å². The molecule has 7 heteroatoms. The topological polar surface area (TPSA) is 56.3 Å². The van der Waals surface area contributed by atoms with Crippen molar-refractivity contribution in [3.05, 3.63) is 66.4 Å². The Labute approximate surface area is 163 Å². The van der Waals surface area contributed by atoms with Crippen LogP contribution in [0.15, 0.2) is 64.4 Å². The molecule has 6 nitrogen and oxygen atoms in total. The Morgan fingerprint density at radius 1 is 1.19 bits per heavy atom. The number of aromatic nitrogens is 3. The van der Waals surface area contributed by atoms with Crippen LogP contribution in [0.5, 0.6) is 5.75 Å². The number of rotatable bonds is 10. The van der Waals surface area contributed by atoms with Crippen molar-refractivity contribution in [2.24, 2.45) is 7.05 Å². The summed E-state index contributed by atoms with van der Waals surface area (Å²) < 4.78 is 13.0. The lowest BCUT2D eigenvalue weighted by molar-refractivity contribution is 0.343. The molecule has 2 heterocycles. The molecule has 0 atom stereocenters. The number of benzene rings is 1. The Balaban J connectivity index is 1.42. The molecule has 0 fully saturated rings. The van der Waals surface area contributed by atoms with Crippen molar-refractivity contribution in [1.29, 1.82) is 0 Å². The average Bonchev–Trinajstić information content (AvgIpc) is 3.31. The van der Waals surface area contributed by atoms with Gasteiger partial charge in [-0.05, 0) is 37.4 Å². The van der Waals surface area contributed by atoms with Crippen LogP contribution < -0.4 is 4.74 Å². The van der Waals surface area contributed by atoms with Gasteiger partial charge in [0.1, 0.15) is 17.3 Å². The second kappa shape index (κ2) is 9.99. The Morgan fingerprint density at radius 3 is 2.81 bits per heavy atom. The molecule has 0 saturated carbocycles. The SMILES string of the molecule is CN(C/C=C/c1ccco1)Cc1nnc(SCCOc2ccccc2)n1C. The van der Waals surface area contributed by atoms with Gasteiger partial charge in [-0.1, -0.05) is 36.0 Å². The molecule has 0 amide bonds. The molecule has 1 aromatic carbocycles. The van der Waals surface area contributed by atoms with Crippen LogP contribution in [-0.4, -0.2) is 45.6 Å². The minimum absolute atomic E-state index is 0.633. The summed E-state index contributed by atoms with van der Waals surface area (Å²) in [6.07, 6.45) is 5.72. The Hall–Kier alpha value is -2.51. The number of nitrogens with zero attached hydrogens (tertiary/aromatic N) is 4. The molecule has 3 aromatic rings. The zero-order valence-corrected chi connectivity index (χ0v) is 16.4. The zero-order chi connectivity index (χ0) is 18.9. The molecule has 0 unspecified atom stereocenters. The third kappa shape index (κ3) is 6.01. The summed E-state index contributed by atoms with van der Waals surface area (Å²) in [5, 5.41) is 9.52. The summed E-state index contributed by atoms with van der Waals surface area (Å²) >= 11 is 1.65. The zero-order valence-electron chi connectivity index (χ0n) is 15.6. The van der Waals surface area contributed by atoms with Crippen molar-refractivity contribution in [3.63, 3.8) is 0 Å². The quantitative estimate of drug-likeness (QED) is 0.392. The molecule has 2 aromatic heterocycles. The molecule has 0 spiro atoms. The van der Waals surface area contributed by atoms with Gasteiger partial charge in [-0.2, -0.15) is 0 Å². The van der Waals surface area contributed by atoms with Gasteiger partial charge in [-0.25, -0.2) is 0 Å². The maximum Gasteiger partial charge on any atom is 0.191 e. The maximum atomic E-state index is 5.71. The standard InChI is InChI=1S/C20H24N4O2S/c1-23(12-6-10-18-11-7-13-25-18)16-19-21-22-20(24(19)2)27-15-14-26-17-8-4-3-5-9-17/h3-11,13H,12,14-16H2,1-2H3/b10-6+. The molecule has 142 valence electrons. The predicted molar refractivity (Wildman–Crippen MR) is 108 cm³/mol. The van der Waals surface area contributed by atoms with E-state index in [1.165, 1.54) is 0 Å². The third-order valence-electron chi connectivity index (χ3n) is 3.91. The largest absolute Gasteiger partial charge is 0.493 e. The number of thioether (sulfide) groups is 1. The lowest BCUT2D eigenvalue weighted by Gasteiger charge is -2.13. The normalized spacial score (nSPS) is 11.5. The molecule has 3 rings (SSSR count). The summed E-state index contributed by atoms with van der Waals surface area (Å²) in [6.45, 7) is 2.17. The third-order valence-corrected chi connectivity index (χ3v) is 4.89. The second-order valence-corrected chi connectivity index (χ2v) is 7.14. The summed E-state index contributed by atoms with van der Waals surface area (Å²) in [6, 6.07) is 13.7.